The van der Waals surface area contributed by atoms with Crippen molar-refractivity contribution in [3.8, 4) is 0 Å². The third-order valence-corrected chi connectivity index (χ3v) is 3.87. The standard InChI is InChI=1S/C13H20N4O3/c1-8-6-17(7-12(19-8)10-3-4-10)13(18)14-5-11-9(2)15-20-16-11/h8,10,12H,3-7H2,1-2H3,(H,14,18). The Morgan fingerprint density at radius 2 is 2.20 bits per heavy atom. The van der Waals surface area contributed by atoms with Gasteiger partial charge in [0.05, 0.1) is 18.8 Å². The maximum Gasteiger partial charge on any atom is 0.317 e. The van der Waals surface area contributed by atoms with Gasteiger partial charge >= 0.3 is 6.03 Å². The summed E-state index contributed by atoms with van der Waals surface area (Å²) in [6, 6.07) is -0.0757. The molecule has 1 saturated heterocycles. The Morgan fingerprint density at radius 3 is 2.85 bits per heavy atom. The minimum atomic E-state index is -0.0757. The third-order valence-electron chi connectivity index (χ3n) is 3.87. The van der Waals surface area contributed by atoms with Gasteiger partial charge in [-0.05, 0) is 32.6 Å². The second-order valence-corrected chi connectivity index (χ2v) is 5.68. The molecule has 2 heterocycles. The van der Waals surface area contributed by atoms with Crippen LogP contribution in [0.25, 0.3) is 0 Å². The normalized spacial score (nSPS) is 26.6. The predicted octanol–water partition coefficient (Wildman–Crippen LogP) is 1.09. The molecule has 2 amide bonds. The van der Waals surface area contributed by atoms with E-state index in [4.69, 9.17) is 4.74 Å². The first kappa shape index (κ1) is 13.4. The molecule has 2 aliphatic rings. The molecule has 0 aromatic carbocycles. The molecule has 1 aliphatic carbocycles. The Bertz CT molecular complexity index is 486. The lowest BCUT2D eigenvalue weighted by molar-refractivity contribution is -0.0731. The molecule has 1 aromatic heterocycles. The van der Waals surface area contributed by atoms with Crippen molar-refractivity contribution in [3.63, 3.8) is 0 Å². The molecule has 1 N–H and O–H groups in total. The van der Waals surface area contributed by atoms with Crippen molar-refractivity contribution in [1.82, 2.24) is 20.5 Å². The molecule has 1 saturated carbocycles. The Labute approximate surface area is 117 Å². The molecule has 0 spiro atoms. The van der Waals surface area contributed by atoms with E-state index in [2.05, 4.69) is 20.3 Å². The van der Waals surface area contributed by atoms with Crippen LogP contribution in [-0.4, -0.2) is 46.5 Å². The zero-order valence-corrected chi connectivity index (χ0v) is 11.8. The molecular weight excluding hydrogens is 260 g/mol. The first-order chi connectivity index (χ1) is 9.63. The van der Waals surface area contributed by atoms with Crippen molar-refractivity contribution in [3.05, 3.63) is 11.4 Å². The number of ether oxygens (including phenoxy) is 1. The van der Waals surface area contributed by atoms with Gasteiger partial charge in [0, 0.05) is 13.1 Å². The molecule has 2 fully saturated rings. The van der Waals surface area contributed by atoms with Gasteiger partial charge in [-0.15, -0.1) is 0 Å². The van der Waals surface area contributed by atoms with Gasteiger partial charge < -0.3 is 15.0 Å². The number of aryl methyl sites for hydroxylation is 1. The molecular formula is C13H20N4O3. The van der Waals surface area contributed by atoms with Crippen LogP contribution in [0.1, 0.15) is 31.2 Å². The summed E-state index contributed by atoms with van der Waals surface area (Å²) in [5, 5.41) is 10.3. The molecule has 0 radical (unpaired) electrons. The number of urea groups is 1. The van der Waals surface area contributed by atoms with Crippen molar-refractivity contribution >= 4 is 6.03 Å². The molecule has 110 valence electrons. The molecule has 1 aromatic rings. The monoisotopic (exact) mass is 280 g/mol. The summed E-state index contributed by atoms with van der Waals surface area (Å²) >= 11 is 0. The summed E-state index contributed by atoms with van der Waals surface area (Å²) in [6.45, 7) is 5.47. The second-order valence-electron chi connectivity index (χ2n) is 5.68. The van der Waals surface area contributed by atoms with Gasteiger partial charge in [0.15, 0.2) is 0 Å². The van der Waals surface area contributed by atoms with Gasteiger partial charge in [-0.1, -0.05) is 10.3 Å². The van der Waals surface area contributed by atoms with Crippen LogP contribution in [0.3, 0.4) is 0 Å². The van der Waals surface area contributed by atoms with E-state index in [9.17, 15) is 4.79 Å². The van der Waals surface area contributed by atoms with E-state index in [0.29, 0.717) is 36.9 Å². The van der Waals surface area contributed by atoms with E-state index >= 15 is 0 Å². The number of nitrogens with one attached hydrogen (secondary N) is 1. The second kappa shape index (κ2) is 5.40. The van der Waals surface area contributed by atoms with Crippen LogP contribution < -0.4 is 5.32 Å². The zero-order chi connectivity index (χ0) is 14.1. The lowest BCUT2D eigenvalue weighted by Gasteiger charge is -2.36. The van der Waals surface area contributed by atoms with Gasteiger partial charge in [0.25, 0.3) is 0 Å². The molecule has 20 heavy (non-hydrogen) atoms. The Morgan fingerprint density at radius 1 is 1.40 bits per heavy atom. The molecule has 1 aliphatic heterocycles. The van der Waals surface area contributed by atoms with Crippen molar-refractivity contribution in [2.24, 2.45) is 5.92 Å². The van der Waals surface area contributed by atoms with Crippen LogP contribution in [0, 0.1) is 12.8 Å². The minimum Gasteiger partial charge on any atom is -0.371 e. The van der Waals surface area contributed by atoms with Crippen LogP contribution in [0.2, 0.25) is 0 Å². The summed E-state index contributed by atoms with van der Waals surface area (Å²) in [4.78, 5) is 14.1. The fraction of sp³-hybridized carbons (Fsp3) is 0.769. The maximum absolute atomic E-state index is 12.2. The van der Waals surface area contributed by atoms with Crippen LogP contribution in [0.5, 0.6) is 0 Å². The number of carbonyl (C=O) groups is 1. The van der Waals surface area contributed by atoms with Gasteiger partial charge in [-0.25, -0.2) is 9.42 Å². The smallest absolute Gasteiger partial charge is 0.317 e. The predicted molar refractivity (Wildman–Crippen MR) is 69.9 cm³/mol. The molecule has 0 bridgehead atoms. The third kappa shape index (κ3) is 2.92. The van der Waals surface area contributed by atoms with E-state index in [-0.39, 0.29) is 18.2 Å². The van der Waals surface area contributed by atoms with Gasteiger partial charge in [0.1, 0.15) is 11.4 Å². The molecule has 7 heteroatoms. The van der Waals surface area contributed by atoms with Gasteiger partial charge in [-0.2, -0.15) is 0 Å². The first-order valence-corrected chi connectivity index (χ1v) is 7.09. The van der Waals surface area contributed by atoms with E-state index < -0.39 is 0 Å². The average Bonchev–Trinajstić information content (AvgIpc) is 3.19. The van der Waals surface area contributed by atoms with Gasteiger partial charge in [0.2, 0.25) is 0 Å². The maximum atomic E-state index is 12.2. The Hall–Kier alpha value is -1.63. The van der Waals surface area contributed by atoms with Crippen molar-refractivity contribution in [1.29, 1.82) is 0 Å². The lowest BCUT2D eigenvalue weighted by Crippen LogP contribution is -2.52. The number of rotatable bonds is 3. The summed E-state index contributed by atoms with van der Waals surface area (Å²) in [5.41, 5.74) is 1.37. The van der Waals surface area contributed by atoms with Crippen molar-refractivity contribution < 1.29 is 14.2 Å². The molecule has 7 nitrogen and oxygen atoms in total. The van der Waals surface area contributed by atoms with Crippen molar-refractivity contribution in [2.75, 3.05) is 13.1 Å². The minimum absolute atomic E-state index is 0.0757. The topological polar surface area (TPSA) is 80.5 Å². The molecule has 2 unspecified atom stereocenters. The highest BCUT2D eigenvalue weighted by atomic mass is 16.6. The largest absolute Gasteiger partial charge is 0.371 e. The summed E-state index contributed by atoms with van der Waals surface area (Å²) in [7, 11) is 0. The fourth-order valence-electron chi connectivity index (χ4n) is 2.56. The SMILES string of the molecule is Cc1nonc1CNC(=O)N1CC(C)OC(C2CC2)C1. The van der Waals surface area contributed by atoms with E-state index in [1.807, 2.05) is 11.8 Å². The number of hydrogen-bond acceptors (Lipinski definition) is 5. The number of amides is 2. The van der Waals surface area contributed by atoms with E-state index in [1.165, 1.54) is 12.8 Å². The average molecular weight is 280 g/mol. The van der Waals surface area contributed by atoms with Gasteiger partial charge in [-0.3, -0.25) is 0 Å². The molecule has 2 atom stereocenters. The van der Waals surface area contributed by atoms with E-state index in [1.54, 1.807) is 6.92 Å². The molecule has 3 rings (SSSR count). The first-order valence-electron chi connectivity index (χ1n) is 7.09. The van der Waals surface area contributed by atoms with Crippen LogP contribution in [0.4, 0.5) is 4.79 Å². The van der Waals surface area contributed by atoms with Crippen molar-refractivity contribution in [2.45, 2.75) is 45.4 Å². The van der Waals surface area contributed by atoms with Crippen LogP contribution in [-0.2, 0) is 11.3 Å². The number of hydrogen-bond donors (Lipinski definition) is 1. The number of carbonyl (C=O) groups excluding carboxylic acids is 1. The highest BCUT2D eigenvalue weighted by Crippen LogP contribution is 2.36. The summed E-state index contributed by atoms with van der Waals surface area (Å²) in [5.74, 6) is 0.634. The number of aromatic nitrogens is 2. The Balaban J connectivity index is 1.54. The highest BCUT2D eigenvalue weighted by Gasteiger charge is 2.38. The summed E-state index contributed by atoms with van der Waals surface area (Å²) in [6.07, 6.45) is 2.73. The quantitative estimate of drug-likeness (QED) is 0.896. The Kier molecular flexibility index (Phi) is 3.60. The highest BCUT2D eigenvalue weighted by molar-refractivity contribution is 5.74. The number of morpholine rings is 1. The fourth-order valence-corrected chi connectivity index (χ4v) is 2.56. The lowest BCUT2D eigenvalue weighted by atomic mass is 10.1. The zero-order valence-electron chi connectivity index (χ0n) is 11.8. The van der Waals surface area contributed by atoms with Crippen LogP contribution in [0.15, 0.2) is 4.63 Å². The van der Waals surface area contributed by atoms with Crippen LogP contribution >= 0.6 is 0 Å². The summed E-state index contributed by atoms with van der Waals surface area (Å²) < 4.78 is 10.5. The van der Waals surface area contributed by atoms with E-state index in [0.717, 1.165) is 0 Å². The number of nitrogens with zero attached hydrogens (tertiary/aromatic N) is 3.